The Kier molecular flexibility index (Phi) is 2.32. The van der Waals surface area contributed by atoms with Crippen LogP contribution < -0.4 is 5.32 Å². The summed E-state index contributed by atoms with van der Waals surface area (Å²) in [4.78, 5) is 17.6. The summed E-state index contributed by atoms with van der Waals surface area (Å²) < 4.78 is 0. The van der Waals surface area contributed by atoms with Crippen molar-refractivity contribution in [3.63, 3.8) is 0 Å². The number of aromatic nitrogens is 4. The van der Waals surface area contributed by atoms with Gasteiger partial charge in [0.2, 0.25) is 0 Å². The Balaban J connectivity index is 1.98. The SMILES string of the molecule is CC1CC(NC(=O)c2nnn(C)n2)=NO1. The average Bonchev–Trinajstić information content (AvgIpc) is 2.75. The fourth-order valence-electron chi connectivity index (χ4n) is 1.14. The highest BCUT2D eigenvalue weighted by atomic mass is 16.6. The zero-order chi connectivity index (χ0) is 10.8. The monoisotopic (exact) mass is 210 g/mol. The molecule has 1 unspecified atom stereocenters. The van der Waals surface area contributed by atoms with Gasteiger partial charge in [-0.2, -0.15) is 4.80 Å². The summed E-state index contributed by atoms with van der Waals surface area (Å²) in [7, 11) is 1.59. The summed E-state index contributed by atoms with van der Waals surface area (Å²) in [5.74, 6) is 0.0688. The van der Waals surface area contributed by atoms with Crippen LogP contribution in [0.3, 0.4) is 0 Å². The van der Waals surface area contributed by atoms with Crippen LogP contribution in [-0.2, 0) is 11.9 Å². The molecule has 1 atom stereocenters. The number of amidine groups is 1. The summed E-state index contributed by atoms with van der Waals surface area (Å²) >= 11 is 0. The van der Waals surface area contributed by atoms with Crippen LogP contribution in [0.25, 0.3) is 0 Å². The second-order valence-corrected chi connectivity index (χ2v) is 3.21. The first-order chi connectivity index (χ1) is 7.15. The number of hydrogen-bond donors (Lipinski definition) is 1. The lowest BCUT2D eigenvalue weighted by Gasteiger charge is -1.98. The number of nitrogens with one attached hydrogen (secondary N) is 1. The second-order valence-electron chi connectivity index (χ2n) is 3.21. The zero-order valence-corrected chi connectivity index (χ0v) is 8.34. The highest BCUT2D eigenvalue weighted by Crippen LogP contribution is 2.07. The molecule has 0 aromatic carbocycles. The Morgan fingerprint density at radius 1 is 1.67 bits per heavy atom. The van der Waals surface area contributed by atoms with Crippen molar-refractivity contribution in [1.29, 1.82) is 0 Å². The first-order valence-corrected chi connectivity index (χ1v) is 4.43. The van der Waals surface area contributed by atoms with E-state index >= 15 is 0 Å². The van der Waals surface area contributed by atoms with E-state index in [9.17, 15) is 4.79 Å². The lowest BCUT2D eigenvalue weighted by atomic mass is 10.3. The van der Waals surface area contributed by atoms with Crippen LogP contribution in [0.4, 0.5) is 0 Å². The number of aryl methyl sites for hydroxylation is 1. The predicted molar refractivity (Wildman–Crippen MR) is 48.9 cm³/mol. The van der Waals surface area contributed by atoms with Crippen molar-refractivity contribution in [2.45, 2.75) is 19.4 Å². The summed E-state index contributed by atoms with van der Waals surface area (Å²) in [6.45, 7) is 1.86. The van der Waals surface area contributed by atoms with E-state index in [-0.39, 0.29) is 11.9 Å². The summed E-state index contributed by atoms with van der Waals surface area (Å²) in [6, 6.07) is 0. The fraction of sp³-hybridized carbons (Fsp3) is 0.571. The molecular weight excluding hydrogens is 200 g/mol. The molecule has 0 aliphatic carbocycles. The van der Waals surface area contributed by atoms with Crippen LogP contribution in [0, 0.1) is 0 Å². The summed E-state index contributed by atoms with van der Waals surface area (Å²) in [6.07, 6.45) is 0.571. The minimum absolute atomic E-state index is 0.00452. The first-order valence-electron chi connectivity index (χ1n) is 4.43. The van der Waals surface area contributed by atoms with Crippen LogP contribution in [0.5, 0.6) is 0 Å². The van der Waals surface area contributed by atoms with E-state index in [1.807, 2.05) is 6.92 Å². The van der Waals surface area contributed by atoms with Gasteiger partial charge in [-0.25, -0.2) is 0 Å². The molecule has 0 spiro atoms. The molecular formula is C7H10N6O2. The first kappa shape index (κ1) is 9.56. The van der Waals surface area contributed by atoms with E-state index < -0.39 is 5.91 Å². The molecule has 1 aliphatic heterocycles. The van der Waals surface area contributed by atoms with Gasteiger partial charge < -0.3 is 10.2 Å². The molecule has 8 heteroatoms. The van der Waals surface area contributed by atoms with Crippen LogP contribution in [0.15, 0.2) is 5.16 Å². The molecule has 0 fully saturated rings. The van der Waals surface area contributed by atoms with Crippen molar-refractivity contribution >= 4 is 11.7 Å². The molecule has 1 aromatic heterocycles. The number of carbonyl (C=O) groups is 1. The normalized spacial score (nSPS) is 19.6. The number of amides is 1. The van der Waals surface area contributed by atoms with Crippen molar-refractivity contribution < 1.29 is 9.63 Å². The van der Waals surface area contributed by atoms with E-state index in [1.165, 1.54) is 4.80 Å². The van der Waals surface area contributed by atoms with Crippen molar-refractivity contribution in [2.24, 2.45) is 12.2 Å². The molecule has 2 heterocycles. The molecule has 8 nitrogen and oxygen atoms in total. The molecule has 1 aromatic rings. The third-order valence-electron chi connectivity index (χ3n) is 1.79. The van der Waals surface area contributed by atoms with Crippen molar-refractivity contribution in [3.8, 4) is 0 Å². The maximum Gasteiger partial charge on any atom is 0.298 e. The van der Waals surface area contributed by atoms with Gasteiger partial charge in [-0.1, -0.05) is 5.16 Å². The second kappa shape index (κ2) is 3.64. The lowest BCUT2D eigenvalue weighted by Crippen LogP contribution is -2.30. The van der Waals surface area contributed by atoms with E-state index in [1.54, 1.807) is 7.05 Å². The fourth-order valence-corrected chi connectivity index (χ4v) is 1.14. The Morgan fingerprint density at radius 2 is 2.47 bits per heavy atom. The highest BCUT2D eigenvalue weighted by molar-refractivity contribution is 6.04. The standard InChI is InChI=1S/C7H10N6O2/c1-4-3-5(11-15-4)8-7(14)6-9-12-13(2)10-6/h4H,3H2,1-2H3,(H,8,11,14). The number of carbonyl (C=O) groups excluding carboxylic acids is 1. The Bertz CT molecular complexity index is 411. The van der Waals surface area contributed by atoms with Gasteiger partial charge in [0.1, 0.15) is 6.10 Å². The van der Waals surface area contributed by atoms with Gasteiger partial charge in [0.05, 0.1) is 7.05 Å². The molecule has 0 bridgehead atoms. The molecule has 1 N–H and O–H groups in total. The van der Waals surface area contributed by atoms with Gasteiger partial charge in [0.15, 0.2) is 5.84 Å². The molecule has 0 radical (unpaired) electrons. The largest absolute Gasteiger partial charge is 0.391 e. The van der Waals surface area contributed by atoms with Crippen molar-refractivity contribution in [1.82, 2.24) is 25.5 Å². The Labute approximate surface area is 85.3 Å². The molecule has 2 rings (SSSR count). The minimum Gasteiger partial charge on any atom is -0.391 e. The maximum atomic E-state index is 11.5. The predicted octanol–water partition coefficient (Wildman–Crippen LogP) is -0.938. The molecule has 1 amide bonds. The molecule has 80 valence electrons. The average molecular weight is 210 g/mol. The van der Waals surface area contributed by atoms with Crippen molar-refractivity contribution in [2.75, 3.05) is 0 Å². The van der Waals surface area contributed by atoms with E-state index in [2.05, 4.69) is 25.9 Å². The highest BCUT2D eigenvalue weighted by Gasteiger charge is 2.20. The van der Waals surface area contributed by atoms with E-state index in [4.69, 9.17) is 4.84 Å². The van der Waals surface area contributed by atoms with Gasteiger partial charge in [0.25, 0.3) is 11.7 Å². The minimum atomic E-state index is -0.431. The van der Waals surface area contributed by atoms with Crippen LogP contribution in [-0.4, -0.2) is 38.1 Å². The quantitative estimate of drug-likeness (QED) is 0.645. The number of nitrogens with zero attached hydrogens (tertiary/aromatic N) is 5. The maximum absolute atomic E-state index is 11.5. The van der Waals surface area contributed by atoms with Crippen LogP contribution >= 0.6 is 0 Å². The molecule has 0 saturated heterocycles. The molecule has 0 saturated carbocycles. The number of rotatable bonds is 1. The summed E-state index contributed by atoms with van der Waals surface area (Å²) in [5.41, 5.74) is 0. The topological polar surface area (TPSA) is 94.3 Å². The summed E-state index contributed by atoms with van der Waals surface area (Å²) in [5, 5.41) is 17.1. The van der Waals surface area contributed by atoms with Crippen LogP contribution in [0.2, 0.25) is 0 Å². The smallest absolute Gasteiger partial charge is 0.298 e. The Morgan fingerprint density at radius 3 is 3.00 bits per heavy atom. The van der Waals surface area contributed by atoms with Gasteiger partial charge in [-0.05, 0) is 12.1 Å². The number of oxime groups is 1. The van der Waals surface area contributed by atoms with E-state index in [0.717, 1.165) is 0 Å². The van der Waals surface area contributed by atoms with Gasteiger partial charge in [-0.3, -0.25) is 4.79 Å². The van der Waals surface area contributed by atoms with E-state index in [0.29, 0.717) is 12.3 Å². The van der Waals surface area contributed by atoms with Gasteiger partial charge in [0, 0.05) is 6.42 Å². The van der Waals surface area contributed by atoms with Gasteiger partial charge in [-0.15, -0.1) is 10.2 Å². The van der Waals surface area contributed by atoms with Gasteiger partial charge >= 0.3 is 0 Å². The number of hydrogen-bond acceptors (Lipinski definition) is 6. The lowest BCUT2D eigenvalue weighted by molar-refractivity contribution is 0.0958. The number of tetrazole rings is 1. The molecule has 1 aliphatic rings. The third-order valence-corrected chi connectivity index (χ3v) is 1.79. The molecule has 15 heavy (non-hydrogen) atoms. The van der Waals surface area contributed by atoms with Crippen LogP contribution in [0.1, 0.15) is 24.0 Å². The van der Waals surface area contributed by atoms with Crippen molar-refractivity contribution in [3.05, 3.63) is 5.82 Å². The third kappa shape index (κ3) is 2.09. The zero-order valence-electron chi connectivity index (χ0n) is 8.34. The Hall–Kier alpha value is -1.99.